The Balaban J connectivity index is 4.10. The average Bonchev–Trinajstić information content (AvgIpc) is 2.14. The zero-order chi connectivity index (χ0) is 10.1. The van der Waals surface area contributed by atoms with Gasteiger partial charge in [-0.15, -0.1) is 6.58 Å². The molecule has 3 nitrogen and oxygen atoms in total. The second-order valence-electron chi connectivity index (χ2n) is 2.51. The third kappa shape index (κ3) is 5.22. The Morgan fingerprint density at radius 2 is 2.23 bits per heavy atom. The fourth-order valence-corrected chi connectivity index (χ4v) is 0.840. The molecule has 0 aromatic carbocycles. The van der Waals surface area contributed by atoms with Gasteiger partial charge in [0, 0.05) is 13.6 Å². The molecule has 0 aromatic rings. The minimum absolute atomic E-state index is 0.509. The van der Waals surface area contributed by atoms with Crippen LogP contribution in [0, 0.1) is 0 Å². The number of hydroxylamine groups is 2. The summed E-state index contributed by atoms with van der Waals surface area (Å²) in [5.74, 6) is 0. The van der Waals surface area contributed by atoms with Crippen LogP contribution < -0.4 is 5.32 Å². The fraction of sp³-hybridized carbons (Fsp3) is 0.400. The molecule has 0 unspecified atom stereocenters. The molecule has 0 aliphatic rings. The summed E-state index contributed by atoms with van der Waals surface area (Å²) in [6.07, 6.45) is 5.35. The van der Waals surface area contributed by atoms with Crippen molar-refractivity contribution >= 4 is 0 Å². The molecule has 0 saturated carbocycles. The lowest BCUT2D eigenvalue weighted by molar-refractivity contribution is -0.0988. The molecule has 0 heterocycles. The number of hydrogen-bond acceptors (Lipinski definition) is 3. The van der Waals surface area contributed by atoms with Crippen molar-refractivity contribution in [1.29, 1.82) is 0 Å². The van der Waals surface area contributed by atoms with E-state index < -0.39 is 0 Å². The van der Waals surface area contributed by atoms with Gasteiger partial charge in [-0.25, -0.2) is 0 Å². The van der Waals surface area contributed by atoms with Gasteiger partial charge in [-0.1, -0.05) is 18.7 Å². The zero-order valence-electron chi connectivity index (χ0n) is 8.42. The Labute approximate surface area is 80.3 Å². The maximum absolute atomic E-state index is 5.32. The van der Waals surface area contributed by atoms with Gasteiger partial charge >= 0.3 is 0 Å². The lowest BCUT2D eigenvalue weighted by atomic mass is 10.4. The molecule has 0 spiro atoms. The van der Waals surface area contributed by atoms with Crippen molar-refractivity contribution in [2.24, 2.45) is 0 Å². The van der Waals surface area contributed by atoms with Crippen LogP contribution in [0.15, 0.2) is 37.1 Å². The van der Waals surface area contributed by atoms with Gasteiger partial charge in [0.05, 0.1) is 12.3 Å². The highest BCUT2D eigenvalue weighted by atomic mass is 16.7. The number of nitrogens with one attached hydrogen (secondary N) is 1. The number of hydrogen-bond donors (Lipinski definition) is 1. The zero-order valence-corrected chi connectivity index (χ0v) is 8.42. The normalized spacial score (nSPS) is 11.1. The molecule has 0 amide bonds. The van der Waals surface area contributed by atoms with Crippen molar-refractivity contribution in [3.63, 3.8) is 0 Å². The minimum atomic E-state index is 0.509. The molecule has 0 rings (SSSR count). The molecule has 0 radical (unpaired) electrons. The van der Waals surface area contributed by atoms with Crippen LogP contribution in [0.1, 0.15) is 0 Å². The van der Waals surface area contributed by atoms with Crippen LogP contribution in [0.2, 0.25) is 0 Å². The molecule has 0 aromatic heterocycles. The van der Waals surface area contributed by atoms with E-state index in [1.807, 2.05) is 20.2 Å². The Morgan fingerprint density at radius 1 is 1.54 bits per heavy atom. The van der Waals surface area contributed by atoms with Gasteiger partial charge in [0.25, 0.3) is 0 Å². The molecule has 0 aliphatic carbocycles. The van der Waals surface area contributed by atoms with Crippen molar-refractivity contribution < 1.29 is 4.84 Å². The van der Waals surface area contributed by atoms with E-state index in [2.05, 4.69) is 18.5 Å². The van der Waals surface area contributed by atoms with E-state index in [9.17, 15) is 0 Å². The van der Waals surface area contributed by atoms with Crippen LogP contribution in [-0.4, -0.2) is 32.3 Å². The maximum Gasteiger partial charge on any atom is 0.0927 e. The molecule has 0 bridgehead atoms. The first-order valence-corrected chi connectivity index (χ1v) is 4.20. The molecule has 0 atom stereocenters. The van der Waals surface area contributed by atoms with Crippen LogP contribution in [0.5, 0.6) is 0 Å². The maximum atomic E-state index is 5.32. The van der Waals surface area contributed by atoms with Crippen LogP contribution in [-0.2, 0) is 4.84 Å². The van der Waals surface area contributed by atoms with Crippen LogP contribution in [0.25, 0.3) is 0 Å². The van der Waals surface area contributed by atoms with E-state index in [1.165, 1.54) is 0 Å². The van der Waals surface area contributed by atoms with E-state index in [1.54, 1.807) is 17.2 Å². The van der Waals surface area contributed by atoms with Crippen molar-refractivity contribution in [2.45, 2.75) is 0 Å². The van der Waals surface area contributed by atoms with E-state index in [0.717, 1.165) is 12.2 Å². The van der Waals surface area contributed by atoms with Gasteiger partial charge in [0.2, 0.25) is 0 Å². The molecular formula is C10H18N2O. The quantitative estimate of drug-likeness (QED) is 0.365. The summed E-state index contributed by atoms with van der Waals surface area (Å²) in [4.78, 5) is 5.32. The van der Waals surface area contributed by atoms with E-state index in [0.29, 0.717) is 6.61 Å². The minimum Gasteiger partial charge on any atom is -0.314 e. The third-order valence-corrected chi connectivity index (χ3v) is 1.46. The molecule has 13 heavy (non-hydrogen) atoms. The number of nitrogens with zero attached hydrogens (tertiary/aromatic N) is 1. The monoisotopic (exact) mass is 182 g/mol. The Morgan fingerprint density at radius 3 is 2.69 bits per heavy atom. The summed E-state index contributed by atoms with van der Waals surface area (Å²) in [7, 11) is 3.74. The van der Waals surface area contributed by atoms with Gasteiger partial charge < -0.3 is 5.32 Å². The largest absolute Gasteiger partial charge is 0.314 e. The lowest BCUT2D eigenvalue weighted by Crippen LogP contribution is -2.25. The molecular weight excluding hydrogens is 164 g/mol. The third-order valence-electron chi connectivity index (χ3n) is 1.46. The predicted molar refractivity (Wildman–Crippen MR) is 56.1 cm³/mol. The first-order valence-electron chi connectivity index (χ1n) is 4.20. The molecule has 1 N–H and O–H groups in total. The van der Waals surface area contributed by atoms with Crippen LogP contribution in [0.3, 0.4) is 0 Å². The van der Waals surface area contributed by atoms with Crippen molar-refractivity contribution in [3.05, 3.63) is 37.1 Å². The summed E-state index contributed by atoms with van der Waals surface area (Å²) in [6, 6.07) is 0. The molecule has 0 aliphatic heterocycles. The fourth-order valence-electron chi connectivity index (χ4n) is 0.840. The van der Waals surface area contributed by atoms with Gasteiger partial charge in [0.15, 0.2) is 0 Å². The van der Waals surface area contributed by atoms with Gasteiger partial charge in [-0.05, 0) is 13.1 Å². The Hall–Kier alpha value is -1.06. The van der Waals surface area contributed by atoms with Crippen molar-refractivity contribution in [1.82, 2.24) is 10.4 Å². The Bertz CT molecular complexity index is 187. The average molecular weight is 182 g/mol. The van der Waals surface area contributed by atoms with E-state index >= 15 is 0 Å². The standard InChI is InChI=1S/C10H18N2O/c1-5-7-10(9-11-3)12(4)13-8-6-2/h5-7,11H,1-2,8-9H2,3-4H3/b10-7-. The van der Waals surface area contributed by atoms with Gasteiger partial charge in [-0.3, -0.25) is 9.90 Å². The lowest BCUT2D eigenvalue weighted by Gasteiger charge is -2.20. The number of likely N-dealkylation sites (N-methyl/N-ethyl adjacent to an activating group) is 2. The summed E-state index contributed by atoms with van der Waals surface area (Å²) in [6.45, 7) is 8.47. The smallest absolute Gasteiger partial charge is 0.0927 e. The topological polar surface area (TPSA) is 24.5 Å². The summed E-state index contributed by atoms with van der Waals surface area (Å²) in [5.41, 5.74) is 1.03. The summed E-state index contributed by atoms with van der Waals surface area (Å²) < 4.78 is 0. The van der Waals surface area contributed by atoms with Crippen molar-refractivity contribution in [3.8, 4) is 0 Å². The number of allylic oxidation sites excluding steroid dienone is 2. The molecule has 74 valence electrons. The summed E-state index contributed by atoms with van der Waals surface area (Å²) >= 11 is 0. The second-order valence-corrected chi connectivity index (χ2v) is 2.51. The first kappa shape index (κ1) is 11.9. The predicted octanol–water partition coefficient (Wildman–Crippen LogP) is 1.33. The number of rotatable bonds is 7. The molecule has 3 heteroatoms. The van der Waals surface area contributed by atoms with Crippen LogP contribution in [0.4, 0.5) is 0 Å². The van der Waals surface area contributed by atoms with E-state index in [-0.39, 0.29) is 0 Å². The van der Waals surface area contributed by atoms with Gasteiger partial charge in [0.1, 0.15) is 0 Å². The van der Waals surface area contributed by atoms with Crippen LogP contribution >= 0.6 is 0 Å². The van der Waals surface area contributed by atoms with E-state index in [4.69, 9.17) is 4.84 Å². The first-order chi connectivity index (χ1) is 6.26. The molecule has 0 saturated heterocycles. The molecule has 0 fully saturated rings. The highest BCUT2D eigenvalue weighted by Gasteiger charge is 2.01. The highest BCUT2D eigenvalue weighted by molar-refractivity contribution is 5.09. The van der Waals surface area contributed by atoms with Gasteiger partial charge in [-0.2, -0.15) is 0 Å². The summed E-state index contributed by atoms with van der Waals surface area (Å²) in [5, 5.41) is 4.75. The van der Waals surface area contributed by atoms with Crippen molar-refractivity contribution in [2.75, 3.05) is 27.2 Å². The second kappa shape index (κ2) is 7.58. The SMILES string of the molecule is C=C/C=C(/CNC)N(C)OCC=C. The highest BCUT2D eigenvalue weighted by Crippen LogP contribution is 2.00. The Kier molecular flexibility index (Phi) is 6.96.